The fourth-order valence-electron chi connectivity index (χ4n) is 3.55. The lowest BCUT2D eigenvalue weighted by molar-refractivity contribution is 0.0983. The molecule has 0 aliphatic carbocycles. The van der Waals surface area contributed by atoms with Crippen LogP contribution >= 0.6 is 11.3 Å². The summed E-state index contributed by atoms with van der Waals surface area (Å²) in [4.78, 5) is 22.5. The van der Waals surface area contributed by atoms with Crippen molar-refractivity contribution in [3.05, 3.63) is 48.0 Å². The van der Waals surface area contributed by atoms with Crippen LogP contribution < -0.4 is 14.4 Å². The Labute approximate surface area is 201 Å². The maximum Gasteiger partial charge on any atom is 0.260 e. The number of rotatable bonds is 13. The predicted octanol–water partition coefficient (Wildman–Crippen LogP) is 5.86. The van der Waals surface area contributed by atoms with Gasteiger partial charge in [-0.3, -0.25) is 9.69 Å². The zero-order chi connectivity index (χ0) is 23.6. The van der Waals surface area contributed by atoms with Crippen molar-refractivity contribution < 1.29 is 14.3 Å². The van der Waals surface area contributed by atoms with Gasteiger partial charge in [0.15, 0.2) is 5.13 Å². The number of thiazole rings is 1. The molecule has 0 N–H and O–H groups in total. The van der Waals surface area contributed by atoms with Gasteiger partial charge in [0, 0.05) is 18.7 Å². The summed E-state index contributed by atoms with van der Waals surface area (Å²) in [5.41, 5.74) is 1.43. The van der Waals surface area contributed by atoms with Gasteiger partial charge in [-0.05, 0) is 62.8 Å². The summed E-state index contributed by atoms with van der Waals surface area (Å²) in [6.45, 7) is 12.9. The lowest BCUT2D eigenvalue weighted by atomic mass is 10.2. The normalized spacial score (nSPS) is 11.2. The number of aromatic nitrogens is 1. The molecule has 0 saturated heterocycles. The number of nitrogens with zero attached hydrogens (tertiary/aromatic N) is 3. The van der Waals surface area contributed by atoms with Crippen LogP contribution in [0.4, 0.5) is 5.13 Å². The summed E-state index contributed by atoms with van der Waals surface area (Å²) >= 11 is 1.52. The molecule has 0 spiro atoms. The molecule has 33 heavy (non-hydrogen) atoms. The number of anilines is 1. The van der Waals surface area contributed by atoms with Gasteiger partial charge in [0.25, 0.3) is 5.91 Å². The summed E-state index contributed by atoms with van der Waals surface area (Å²) < 4.78 is 12.5. The van der Waals surface area contributed by atoms with Gasteiger partial charge in [0.2, 0.25) is 0 Å². The Bertz CT molecular complexity index is 1020. The van der Waals surface area contributed by atoms with Crippen LogP contribution in [0.3, 0.4) is 0 Å². The highest BCUT2D eigenvalue weighted by Gasteiger charge is 2.23. The standard InChI is InChI=1S/C26H35N3O3S/c1-5-9-19-32-21-15-13-20(14-16-21)25(30)29(18-17-28(6-2)7-3)26-27-24-22(31-8-4)11-10-12-23(24)33-26/h10-16H,5-9,17-19H2,1-4H3. The minimum atomic E-state index is -0.0562. The van der Waals surface area contributed by atoms with Gasteiger partial charge < -0.3 is 14.4 Å². The van der Waals surface area contributed by atoms with Crippen LogP contribution in [-0.2, 0) is 0 Å². The zero-order valence-corrected chi connectivity index (χ0v) is 21.0. The molecule has 1 amide bonds. The van der Waals surface area contributed by atoms with Crippen LogP contribution in [0.5, 0.6) is 11.5 Å². The summed E-state index contributed by atoms with van der Waals surface area (Å²) in [6, 6.07) is 13.3. The molecule has 178 valence electrons. The maximum absolute atomic E-state index is 13.6. The number of hydrogen-bond acceptors (Lipinski definition) is 6. The van der Waals surface area contributed by atoms with Gasteiger partial charge in [0.1, 0.15) is 17.0 Å². The van der Waals surface area contributed by atoms with Crippen molar-refractivity contribution in [1.82, 2.24) is 9.88 Å². The van der Waals surface area contributed by atoms with Crippen LogP contribution in [0.1, 0.15) is 50.9 Å². The molecule has 2 aromatic carbocycles. The van der Waals surface area contributed by atoms with E-state index in [-0.39, 0.29) is 5.91 Å². The lowest BCUT2D eigenvalue weighted by Crippen LogP contribution is -2.38. The fraction of sp³-hybridized carbons (Fsp3) is 0.462. The summed E-state index contributed by atoms with van der Waals surface area (Å²) in [5, 5.41) is 0.692. The molecule has 0 fully saturated rings. The molecule has 0 radical (unpaired) electrons. The smallest absolute Gasteiger partial charge is 0.260 e. The van der Waals surface area contributed by atoms with Crippen molar-refractivity contribution in [3.63, 3.8) is 0 Å². The lowest BCUT2D eigenvalue weighted by Gasteiger charge is -2.24. The van der Waals surface area contributed by atoms with Gasteiger partial charge in [-0.25, -0.2) is 4.98 Å². The van der Waals surface area contributed by atoms with Crippen molar-refractivity contribution in [3.8, 4) is 11.5 Å². The van der Waals surface area contributed by atoms with Crippen molar-refractivity contribution in [2.24, 2.45) is 0 Å². The Morgan fingerprint density at radius 3 is 2.39 bits per heavy atom. The minimum absolute atomic E-state index is 0.0562. The number of fused-ring (bicyclic) bond motifs is 1. The van der Waals surface area contributed by atoms with Crippen molar-refractivity contribution in [2.45, 2.75) is 40.5 Å². The largest absolute Gasteiger partial charge is 0.494 e. The molecule has 1 aromatic heterocycles. The predicted molar refractivity (Wildman–Crippen MR) is 137 cm³/mol. The molecule has 0 bridgehead atoms. The third kappa shape index (κ3) is 6.45. The van der Waals surface area contributed by atoms with E-state index in [1.807, 2.05) is 49.4 Å². The van der Waals surface area contributed by atoms with Crippen LogP contribution in [0.2, 0.25) is 0 Å². The van der Waals surface area contributed by atoms with E-state index < -0.39 is 0 Å². The topological polar surface area (TPSA) is 54.9 Å². The van der Waals surface area contributed by atoms with E-state index in [9.17, 15) is 4.79 Å². The number of hydrogen-bond donors (Lipinski definition) is 0. The van der Waals surface area contributed by atoms with Crippen LogP contribution in [-0.4, -0.2) is 55.2 Å². The van der Waals surface area contributed by atoms with E-state index in [1.54, 1.807) is 4.90 Å². The van der Waals surface area contributed by atoms with Crippen molar-refractivity contribution >= 4 is 32.6 Å². The molecule has 3 aromatic rings. The average molecular weight is 470 g/mol. The van der Waals surface area contributed by atoms with Crippen LogP contribution in [0, 0.1) is 0 Å². The second-order valence-electron chi connectivity index (χ2n) is 7.74. The molecule has 0 saturated carbocycles. The quantitative estimate of drug-likeness (QED) is 0.293. The first-order valence-electron chi connectivity index (χ1n) is 11.9. The molecule has 0 aliphatic rings. The Morgan fingerprint density at radius 2 is 1.73 bits per heavy atom. The average Bonchev–Trinajstić information content (AvgIpc) is 3.27. The van der Waals surface area contributed by atoms with Gasteiger partial charge in [-0.1, -0.05) is 44.6 Å². The first-order chi connectivity index (χ1) is 16.1. The van der Waals surface area contributed by atoms with E-state index in [2.05, 4.69) is 25.7 Å². The second kappa shape index (κ2) is 12.6. The SMILES string of the molecule is CCCCOc1ccc(C(=O)N(CCN(CC)CC)c2nc3c(OCC)cccc3s2)cc1. The summed E-state index contributed by atoms with van der Waals surface area (Å²) in [6.07, 6.45) is 2.10. The second-order valence-corrected chi connectivity index (χ2v) is 8.75. The van der Waals surface area contributed by atoms with Crippen LogP contribution in [0.15, 0.2) is 42.5 Å². The van der Waals surface area contributed by atoms with Gasteiger partial charge in [0.05, 0.1) is 17.9 Å². The monoisotopic (exact) mass is 469 g/mol. The Hall–Kier alpha value is -2.64. The van der Waals surface area contributed by atoms with E-state index >= 15 is 0 Å². The van der Waals surface area contributed by atoms with Crippen LogP contribution in [0.25, 0.3) is 10.2 Å². The van der Waals surface area contributed by atoms with E-state index in [4.69, 9.17) is 14.5 Å². The number of likely N-dealkylation sites (N-methyl/N-ethyl adjacent to an activating group) is 1. The molecule has 0 aliphatic heterocycles. The molecular formula is C26H35N3O3S. The number of carbonyl (C=O) groups is 1. The van der Waals surface area contributed by atoms with Crippen molar-refractivity contribution in [2.75, 3.05) is 44.3 Å². The first-order valence-corrected chi connectivity index (χ1v) is 12.7. The molecule has 3 rings (SSSR count). The van der Waals surface area contributed by atoms with E-state index in [1.165, 1.54) is 11.3 Å². The number of amides is 1. The number of ether oxygens (including phenoxy) is 2. The minimum Gasteiger partial charge on any atom is -0.494 e. The molecule has 7 heteroatoms. The number of para-hydroxylation sites is 1. The summed E-state index contributed by atoms with van der Waals surface area (Å²) in [7, 11) is 0. The van der Waals surface area contributed by atoms with Gasteiger partial charge >= 0.3 is 0 Å². The Balaban J connectivity index is 1.88. The molecule has 0 unspecified atom stereocenters. The third-order valence-corrected chi connectivity index (χ3v) is 6.59. The molecular weight excluding hydrogens is 434 g/mol. The number of carbonyl (C=O) groups excluding carboxylic acids is 1. The highest BCUT2D eigenvalue weighted by atomic mass is 32.1. The molecule has 6 nitrogen and oxygen atoms in total. The van der Waals surface area contributed by atoms with E-state index in [0.29, 0.717) is 30.5 Å². The third-order valence-electron chi connectivity index (χ3n) is 5.55. The molecule has 0 atom stereocenters. The fourth-order valence-corrected chi connectivity index (χ4v) is 4.56. The number of benzene rings is 2. The maximum atomic E-state index is 13.6. The van der Waals surface area contributed by atoms with Crippen molar-refractivity contribution in [1.29, 1.82) is 0 Å². The number of unbranched alkanes of at least 4 members (excludes halogenated alkanes) is 1. The van der Waals surface area contributed by atoms with Gasteiger partial charge in [-0.2, -0.15) is 0 Å². The zero-order valence-electron chi connectivity index (χ0n) is 20.2. The Morgan fingerprint density at radius 1 is 0.970 bits per heavy atom. The summed E-state index contributed by atoms with van der Waals surface area (Å²) in [5.74, 6) is 1.48. The highest BCUT2D eigenvalue weighted by Crippen LogP contribution is 2.35. The Kier molecular flexibility index (Phi) is 9.51. The molecule has 1 heterocycles. The highest BCUT2D eigenvalue weighted by molar-refractivity contribution is 7.22. The van der Waals surface area contributed by atoms with Gasteiger partial charge in [-0.15, -0.1) is 0 Å². The first kappa shape index (κ1) is 25.0. The van der Waals surface area contributed by atoms with E-state index in [0.717, 1.165) is 54.2 Å².